The van der Waals surface area contributed by atoms with Gasteiger partial charge in [0.15, 0.2) is 0 Å². The molecule has 1 amide bonds. The molecule has 1 saturated carbocycles. The van der Waals surface area contributed by atoms with Crippen LogP contribution in [0.25, 0.3) is 10.9 Å². The van der Waals surface area contributed by atoms with Crippen molar-refractivity contribution in [2.45, 2.75) is 32.6 Å². The van der Waals surface area contributed by atoms with Crippen molar-refractivity contribution in [3.63, 3.8) is 0 Å². The number of fused-ring (bicyclic) bond motifs is 1. The zero-order valence-electron chi connectivity index (χ0n) is 14.8. The fourth-order valence-electron chi connectivity index (χ4n) is 3.87. The Bertz CT molecular complexity index is 974. The van der Waals surface area contributed by atoms with Gasteiger partial charge in [-0.3, -0.25) is 9.59 Å². The second-order valence-corrected chi connectivity index (χ2v) is 7.25. The number of nitrogens with one attached hydrogen (secondary N) is 2. The molecule has 3 heterocycles. The molecule has 0 unspecified atom stereocenters. The van der Waals surface area contributed by atoms with Gasteiger partial charge in [0.1, 0.15) is 17.3 Å². The quantitative estimate of drug-likeness (QED) is 0.880. The molecule has 2 aliphatic rings. The maximum atomic E-state index is 12.4. The Balaban J connectivity index is 1.84. The lowest BCUT2D eigenvalue weighted by Gasteiger charge is -2.34. The van der Waals surface area contributed by atoms with Crippen LogP contribution in [-0.4, -0.2) is 35.5 Å². The molecule has 1 saturated heterocycles. The van der Waals surface area contributed by atoms with E-state index in [1.54, 1.807) is 6.07 Å². The summed E-state index contributed by atoms with van der Waals surface area (Å²) in [5, 5.41) is 13.0. The molecule has 4 rings (SSSR count). The Kier molecular flexibility index (Phi) is 3.91. The molecule has 1 aliphatic heterocycles. The van der Waals surface area contributed by atoms with Crippen molar-refractivity contribution >= 4 is 22.5 Å². The number of pyridine rings is 2. The van der Waals surface area contributed by atoms with Gasteiger partial charge in [-0.25, -0.2) is 4.98 Å². The third-order valence-electron chi connectivity index (χ3n) is 5.65. The summed E-state index contributed by atoms with van der Waals surface area (Å²) in [5.41, 5.74) is 1.66. The van der Waals surface area contributed by atoms with Crippen molar-refractivity contribution in [3.8, 4) is 6.07 Å². The minimum absolute atomic E-state index is 0.109. The van der Waals surface area contributed by atoms with E-state index in [1.807, 2.05) is 6.92 Å². The molecule has 2 N–H and O–H groups in total. The normalized spacial score (nSPS) is 17.9. The second kappa shape index (κ2) is 6.13. The van der Waals surface area contributed by atoms with Gasteiger partial charge < -0.3 is 15.2 Å². The highest BCUT2D eigenvalue weighted by atomic mass is 16.1. The maximum absolute atomic E-state index is 12.4. The lowest BCUT2D eigenvalue weighted by Crippen LogP contribution is -2.36. The van der Waals surface area contributed by atoms with Crippen molar-refractivity contribution in [1.29, 1.82) is 5.26 Å². The lowest BCUT2D eigenvalue weighted by molar-refractivity contribution is 0.0951. The van der Waals surface area contributed by atoms with Crippen molar-refractivity contribution < 1.29 is 4.79 Å². The first-order chi connectivity index (χ1) is 12.6. The molecule has 26 heavy (non-hydrogen) atoms. The van der Waals surface area contributed by atoms with E-state index in [0.29, 0.717) is 28.6 Å². The first-order valence-electron chi connectivity index (χ1n) is 9.06. The Hall–Kier alpha value is -2.88. The monoisotopic (exact) mass is 351 g/mol. The van der Waals surface area contributed by atoms with E-state index in [9.17, 15) is 14.9 Å². The van der Waals surface area contributed by atoms with Gasteiger partial charge >= 0.3 is 0 Å². The molecule has 2 aromatic rings. The van der Waals surface area contributed by atoms with E-state index in [1.165, 1.54) is 19.0 Å². The number of aromatic amines is 1. The first kappa shape index (κ1) is 16.6. The number of carbonyl (C=O) groups excluding carboxylic acids is 1. The van der Waals surface area contributed by atoms with Crippen LogP contribution in [0.15, 0.2) is 17.1 Å². The molecule has 1 aliphatic carbocycles. The fourth-order valence-corrected chi connectivity index (χ4v) is 3.87. The number of hydrogen-bond acceptors (Lipinski definition) is 5. The summed E-state index contributed by atoms with van der Waals surface area (Å²) in [4.78, 5) is 33.5. The molecular weight excluding hydrogens is 330 g/mol. The summed E-state index contributed by atoms with van der Waals surface area (Å²) < 4.78 is 0. The van der Waals surface area contributed by atoms with Gasteiger partial charge in [0.05, 0.1) is 17.4 Å². The fraction of sp³-hybridized carbons (Fsp3) is 0.474. The lowest BCUT2D eigenvalue weighted by atomic mass is 9.92. The van der Waals surface area contributed by atoms with E-state index in [4.69, 9.17) is 0 Å². The molecule has 7 heteroatoms. The van der Waals surface area contributed by atoms with Crippen LogP contribution in [0, 0.1) is 16.7 Å². The maximum Gasteiger partial charge on any atom is 0.269 e. The SMILES string of the molecule is CCNC(=O)c1cc2c(N3CCC4(CC3)CC4)c(C#N)c(=O)[nH]c2cn1. The number of anilines is 1. The Labute approximate surface area is 151 Å². The van der Waals surface area contributed by atoms with Crippen LogP contribution in [0.5, 0.6) is 0 Å². The van der Waals surface area contributed by atoms with Crippen LogP contribution < -0.4 is 15.8 Å². The Morgan fingerprint density at radius 2 is 2.12 bits per heavy atom. The molecule has 0 radical (unpaired) electrons. The molecule has 2 aromatic heterocycles. The summed E-state index contributed by atoms with van der Waals surface area (Å²) in [6.07, 6.45) is 6.24. The van der Waals surface area contributed by atoms with Gasteiger partial charge in [-0.05, 0) is 44.1 Å². The van der Waals surface area contributed by atoms with E-state index in [-0.39, 0.29) is 17.2 Å². The number of amides is 1. The van der Waals surface area contributed by atoms with Gasteiger partial charge in [-0.15, -0.1) is 0 Å². The number of aromatic nitrogens is 2. The summed E-state index contributed by atoms with van der Waals surface area (Å²) in [7, 11) is 0. The van der Waals surface area contributed by atoms with E-state index < -0.39 is 5.56 Å². The predicted octanol–water partition coefficient (Wildman–Crippen LogP) is 1.92. The van der Waals surface area contributed by atoms with Gasteiger partial charge in [0, 0.05) is 25.0 Å². The Morgan fingerprint density at radius 1 is 1.38 bits per heavy atom. The zero-order valence-corrected chi connectivity index (χ0v) is 14.8. The van der Waals surface area contributed by atoms with Gasteiger partial charge in [0.2, 0.25) is 0 Å². The molecule has 134 valence electrons. The third-order valence-corrected chi connectivity index (χ3v) is 5.65. The highest BCUT2D eigenvalue weighted by Gasteiger charge is 2.44. The summed E-state index contributed by atoms with van der Waals surface area (Å²) in [6, 6.07) is 3.73. The van der Waals surface area contributed by atoms with Crippen LogP contribution in [0.1, 0.15) is 48.7 Å². The summed E-state index contributed by atoms with van der Waals surface area (Å²) in [5.74, 6) is -0.263. The highest BCUT2D eigenvalue weighted by Crippen LogP contribution is 2.54. The number of H-pyrrole nitrogens is 1. The predicted molar refractivity (Wildman–Crippen MR) is 98.2 cm³/mol. The minimum Gasteiger partial charge on any atom is -0.370 e. The number of hydrogen-bond donors (Lipinski definition) is 2. The van der Waals surface area contributed by atoms with E-state index in [2.05, 4.69) is 26.3 Å². The van der Waals surface area contributed by atoms with Crippen LogP contribution in [0.4, 0.5) is 5.69 Å². The van der Waals surface area contributed by atoms with E-state index >= 15 is 0 Å². The summed E-state index contributed by atoms with van der Waals surface area (Å²) in [6.45, 7) is 4.00. The largest absolute Gasteiger partial charge is 0.370 e. The Morgan fingerprint density at radius 3 is 2.73 bits per heavy atom. The highest BCUT2D eigenvalue weighted by molar-refractivity contribution is 6.00. The van der Waals surface area contributed by atoms with Gasteiger partial charge in [-0.2, -0.15) is 5.26 Å². The van der Waals surface area contributed by atoms with Gasteiger partial charge in [0.25, 0.3) is 11.5 Å². The first-order valence-corrected chi connectivity index (χ1v) is 9.06. The molecule has 0 aromatic carbocycles. The van der Waals surface area contributed by atoms with E-state index in [0.717, 1.165) is 25.9 Å². The number of carbonyl (C=O) groups is 1. The van der Waals surface area contributed by atoms with Crippen molar-refractivity contribution in [2.24, 2.45) is 5.41 Å². The molecule has 2 fully saturated rings. The van der Waals surface area contributed by atoms with Crippen LogP contribution >= 0.6 is 0 Å². The van der Waals surface area contributed by atoms with Crippen molar-refractivity contribution in [2.75, 3.05) is 24.5 Å². The third kappa shape index (κ3) is 2.71. The average molecular weight is 351 g/mol. The molecule has 0 atom stereocenters. The number of rotatable bonds is 3. The molecule has 1 spiro atoms. The second-order valence-electron chi connectivity index (χ2n) is 7.25. The summed E-state index contributed by atoms with van der Waals surface area (Å²) >= 11 is 0. The number of piperidine rings is 1. The minimum atomic E-state index is -0.408. The molecular formula is C19H21N5O2. The standard InChI is InChI=1S/C19H21N5O2/c1-2-21-18(26)14-9-12-15(11-22-14)23-17(25)13(10-20)16(12)24-7-5-19(3-4-19)6-8-24/h9,11H,2-8H2,1H3,(H,21,26)(H,23,25). The molecule has 7 nitrogen and oxygen atoms in total. The van der Waals surface area contributed by atoms with Crippen molar-refractivity contribution in [1.82, 2.24) is 15.3 Å². The van der Waals surface area contributed by atoms with Crippen LogP contribution in [0.2, 0.25) is 0 Å². The van der Waals surface area contributed by atoms with Crippen LogP contribution in [0.3, 0.4) is 0 Å². The smallest absolute Gasteiger partial charge is 0.269 e. The number of nitriles is 1. The number of nitrogens with zero attached hydrogens (tertiary/aromatic N) is 3. The topological polar surface area (TPSA) is 102 Å². The van der Waals surface area contributed by atoms with Crippen molar-refractivity contribution in [3.05, 3.63) is 33.9 Å². The van der Waals surface area contributed by atoms with Gasteiger partial charge in [-0.1, -0.05) is 0 Å². The zero-order chi connectivity index (χ0) is 18.3. The average Bonchev–Trinajstić information content (AvgIpc) is 3.40. The molecule has 0 bridgehead atoms. The van der Waals surface area contributed by atoms with Crippen LogP contribution in [-0.2, 0) is 0 Å².